The number of rotatable bonds is 9. The number of nitrogens with one attached hydrogen (secondary N) is 1. The van der Waals surface area contributed by atoms with Crippen LogP contribution in [-0.2, 0) is 4.79 Å². The normalized spacial score (nSPS) is 14.6. The number of para-hydroxylation sites is 1. The second-order valence-electron chi connectivity index (χ2n) is 7.83. The zero-order chi connectivity index (χ0) is 23.9. The lowest BCUT2D eigenvalue weighted by atomic mass is 10.2. The lowest BCUT2D eigenvalue weighted by Crippen LogP contribution is -2.48. The summed E-state index contributed by atoms with van der Waals surface area (Å²) < 4.78 is 6.84. The number of carbonyl (C=O) groups excluding carboxylic acids is 1. The number of hydrogen-bond acceptors (Lipinski definition) is 8. The molecule has 10 heteroatoms. The molecule has 2 heterocycles. The van der Waals surface area contributed by atoms with Crippen LogP contribution in [0, 0.1) is 10.1 Å². The van der Waals surface area contributed by atoms with Gasteiger partial charge in [-0.15, -0.1) is 0 Å². The van der Waals surface area contributed by atoms with Crippen LogP contribution in [0.2, 0.25) is 0 Å². The van der Waals surface area contributed by atoms with Crippen molar-refractivity contribution >= 4 is 44.4 Å². The standard InChI is InChI=1S/C24H27N5O4S/c1-2-33-20-4-3-5-21-23(20)26-24(34-21)28-16-14-27(15-17-28)13-12-25-22(30)11-8-18-6-9-19(10-7-18)29(31)32/h3-11H,2,12-17H2,1H3,(H,25,30)/b11-8-. The molecule has 0 radical (unpaired) electrons. The quantitative estimate of drug-likeness (QED) is 0.283. The second-order valence-corrected chi connectivity index (χ2v) is 8.84. The summed E-state index contributed by atoms with van der Waals surface area (Å²) in [6, 6.07) is 12.1. The summed E-state index contributed by atoms with van der Waals surface area (Å²) in [4.78, 5) is 31.8. The average Bonchev–Trinajstić information content (AvgIpc) is 3.29. The number of benzene rings is 2. The Hall–Kier alpha value is -3.50. The van der Waals surface area contributed by atoms with Crippen molar-refractivity contribution in [2.75, 3.05) is 50.8 Å². The zero-order valence-electron chi connectivity index (χ0n) is 19.0. The molecule has 2 aromatic carbocycles. The van der Waals surface area contributed by atoms with Gasteiger partial charge in [0.15, 0.2) is 5.13 Å². The first-order chi connectivity index (χ1) is 16.5. The number of carbonyl (C=O) groups is 1. The maximum absolute atomic E-state index is 12.1. The molecule has 1 saturated heterocycles. The Morgan fingerprint density at radius 1 is 1.21 bits per heavy atom. The van der Waals surface area contributed by atoms with Gasteiger partial charge in [-0.05, 0) is 42.8 Å². The van der Waals surface area contributed by atoms with Gasteiger partial charge in [0, 0.05) is 57.5 Å². The Kier molecular flexibility index (Phi) is 7.71. The summed E-state index contributed by atoms with van der Waals surface area (Å²) in [7, 11) is 0. The Balaban J connectivity index is 1.21. The topological polar surface area (TPSA) is 101 Å². The molecule has 1 aliphatic rings. The number of nitro benzene ring substituents is 1. The summed E-state index contributed by atoms with van der Waals surface area (Å²) in [5.74, 6) is 0.649. The summed E-state index contributed by atoms with van der Waals surface area (Å²) in [5.41, 5.74) is 1.69. The maximum atomic E-state index is 12.1. The van der Waals surface area contributed by atoms with Gasteiger partial charge in [0.05, 0.1) is 16.2 Å². The van der Waals surface area contributed by atoms with Crippen molar-refractivity contribution < 1.29 is 14.5 Å². The predicted molar refractivity (Wildman–Crippen MR) is 135 cm³/mol. The second kappa shape index (κ2) is 11.1. The van der Waals surface area contributed by atoms with Crippen LogP contribution < -0.4 is 15.0 Å². The van der Waals surface area contributed by atoms with Crippen molar-refractivity contribution in [2.45, 2.75) is 6.92 Å². The van der Waals surface area contributed by atoms with Crippen LogP contribution >= 0.6 is 11.3 Å². The van der Waals surface area contributed by atoms with Crippen LogP contribution in [0.1, 0.15) is 12.5 Å². The van der Waals surface area contributed by atoms with E-state index in [0.717, 1.165) is 59.4 Å². The Bertz CT molecular complexity index is 1170. The molecular formula is C24H27N5O4S. The van der Waals surface area contributed by atoms with Gasteiger partial charge in [-0.3, -0.25) is 19.8 Å². The molecule has 3 aromatic rings. The van der Waals surface area contributed by atoms with Gasteiger partial charge in [-0.1, -0.05) is 17.4 Å². The van der Waals surface area contributed by atoms with Crippen molar-refractivity contribution in [3.8, 4) is 5.75 Å². The van der Waals surface area contributed by atoms with Gasteiger partial charge in [0.1, 0.15) is 11.3 Å². The molecule has 9 nitrogen and oxygen atoms in total. The van der Waals surface area contributed by atoms with Crippen molar-refractivity contribution in [1.29, 1.82) is 0 Å². The number of thiazole rings is 1. The number of aromatic nitrogens is 1. The maximum Gasteiger partial charge on any atom is 0.269 e. The third kappa shape index (κ3) is 5.89. The van der Waals surface area contributed by atoms with E-state index in [1.54, 1.807) is 29.5 Å². The third-order valence-electron chi connectivity index (χ3n) is 5.57. The Morgan fingerprint density at radius 3 is 2.68 bits per heavy atom. The first kappa shape index (κ1) is 23.7. The van der Waals surface area contributed by atoms with E-state index in [2.05, 4.69) is 21.2 Å². The van der Waals surface area contributed by atoms with Gasteiger partial charge in [-0.2, -0.15) is 0 Å². The molecule has 1 fully saturated rings. The number of fused-ring (bicyclic) bond motifs is 1. The van der Waals surface area contributed by atoms with E-state index in [1.807, 2.05) is 19.1 Å². The number of non-ortho nitro benzene ring substituents is 1. The van der Waals surface area contributed by atoms with Crippen molar-refractivity contribution in [3.05, 3.63) is 64.2 Å². The molecule has 0 spiro atoms. The highest BCUT2D eigenvalue weighted by molar-refractivity contribution is 7.22. The lowest BCUT2D eigenvalue weighted by molar-refractivity contribution is -0.384. The number of hydrogen-bond donors (Lipinski definition) is 1. The van der Waals surface area contributed by atoms with E-state index in [4.69, 9.17) is 9.72 Å². The van der Waals surface area contributed by atoms with E-state index >= 15 is 0 Å². The molecule has 0 saturated carbocycles. The smallest absolute Gasteiger partial charge is 0.269 e. The van der Waals surface area contributed by atoms with Crippen LogP contribution in [0.15, 0.2) is 48.5 Å². The largest absolute Gasteiger partial charge is 0.492 e. The highest BCUT2D eigenvalue weighted by Gasteiger charge is 2.20. The van der Waals surface area contributed by atoms with Crippen LogP contribution in [0.4, 0.5) is 10.8 Å². The number of amides is 1. The van der Waals surface area contributed by atoms with E-state index in [9.17, 15) is 14.9 Å². The van der Waals surface area contributed by atoms with Crippen LogP contribution in [-0.4, -0.2) is 66.6 Å². The molecule has 34 heavy (non-hydrogen) atoms. The summed E-state index contributed by atoms with van der Waals surface area (Å²) >= 11 is 1.69. The van der Waals surface area contributed by atoms with Gasteiger partial charge >= 0.3 is 0 Å². The molecule has 0 unspecified atom stereocenters. The zero-order valence-corrected chi connectivity index (χ0v) is 19.8. The molecule has 178 valence electrons. The Morgan fingerprint density at radius 2 is 1.97 bits per heavy atom. The molecular weight excluding hydrogens is 454 g/mol. The fraction of sp³-hybridized carbons (Fsp3) is 0.333. The van der Waals surface area contributed by atoms with E-state index in [1.165, 1.54) is 18.2 Å². The molecule has 4 rings (SSSR count). The molecule has 1 aromatic heterocycles. The summed E-state index contributed by atoms with van der Waals surface area (Å²) in [6.45, 7) is 7.51. The van der Waals surface area contributed by atoms with Gasteiger partial charge in [0.25, 0.3) is 5.69 Å². The van der Waals surface area contributed by atoms with Gasteiger partial charge in [0.2, 0.25) is 5.91 Å². The molecule has 0 atom stereocenters. The first-order valence-electron chi connectivity index (χ1n) is 11.2. The third-order valence-corrected chi connectivity index (χ3v) is 6.65. The number of piperazine rings is 1. The number of nitro groups is 1. The molecule has 1 N–H and O–H groups in total. The predicted octanol–water partition coefficient (Wildman–Crippen LogP) is 3.55. The Labute approximate surface area is 201 Å². The lowest BCUT2D eigenvalue weighted by Gasteiger charge is -2.34. The van der Waals surface area contributed by atoms with Crippen molar-refractivity contribution in [1.82, 2.24) is 15.2 Å². The molecule has 0 bridgehead atoms. The van der Waals surface area contributed by atoms with Crippen molar-refractivity contribution in [3.63, 3.8) is 0 Å². The molecule has 1 aliphatic heterocycles. The minimum absolute atomic E-state index is 0.0279. The van der Waals surface area contributed by atoms with E-state index in [0.29, 0.717) is 13.2 Å². The average molecular weight is 482 g/mol. The minimum Gasteiger partial charge on any atom is -0.492 e. The molecule has 0 aliphatic carbocycles. The molecule has 1 amide bonds. The monoisotopic (exact) mass is 481 g/mol. The number of ether oxygens (including phenoxy) is 1. The highest BCUT2D eigenvalue weighted by Crippen LogP contribution is 2.34. The SMILES string of the molecule is CCOc1cccc2sc(N3CCN(CCNC(=O)/C=C\c4ccc([N+](=O)[O-])cc4)CC3)nc12. The van der Waals surface area contributed by atoms with E-state index in [-0.39, 0.29) is 11.6 Å². The number of anilines is 1. The fourth-order valence-corrected chi connectivity index (χ4v) is 4.79. The minimum atomic E-state index is -0.447. The van der Waals surface area contributed by atoms with Crippen LogP contribution in [0.3, 0.4) is 0 Å². The van der Waals surface area contributed by atoms with Gasteiger partial charge in [-0.25, -0.2) is 4.98 Å². The van der Waals surface area contributed by atoms with E-state index < -0.39 is 4.92 Å². The van der Waals surface area contributed by atoms with Crippen molar-refractivity contribution in [2.24, 2.45) is 0 Å². The first-order valence-corrected chi connectivity index (χ1v) is 12.0. The highest BCUT2D eigenvalue weighted by atomic mass is 32.1. The number of nitrogens with zero attached hydrogens (tertiary/aromatic N) is 4. The van der Waals surface area contributed by atoms with Crippen LogP contribution in [0.25, 0.3) is 16.3 Å². The van der Waals surface area contributed by atoms with Gasteiger partial charge < -0.3 is 15.0 Å². The van der Waals surface area contributed by atoms with Crippen LogP contribution in [0.5, 0.6) is 5.75 Å². The summed E-state index contributed by atoms with van der Waals surface area (Å²) in [5, 5.41) is 14.6. The summed E-state index contributed by atoms with van der Waals surface area (Å²) in [6.07, 6.45) is 3.09. The fourth-order valence-electron chi connectivity index (χ4n) is 3.76.